The lowest BCUT2D eigenvalue weighted by Crippen LogP contribution is -2.20. The molecule has 0 fully saturated rings. The monoisotopic (exact) mass is 353 g/mol. The maximum absolute atomic E-state index is 9.97. The molecule has 6 heteroatoms. The summed E-state index contributed by atoms with van der Waals surface area (Å²) < 4.78 is 5.48. The van der Waals surface area contributed by atoms with Crippen molar-refractivity contribution in [2.45, 2.75) is 11.0 Å². The first-order valence-electron chi connectivity index (χ1n) is 6.48. The standard InChI is InChI=1S/C16H13Cl2NO2S/c17-14-2-1-3-15(18)16(14)22-10-12(20)9-21-13-6-4-11(8-19)5-7-13/h1-7,12,20H,9-10H2. The molecule has 22 heavy (non-hydrogen) atoms. The van der Waals surface area contributed by atoms with Crippen molar-refractivity contribution < 1.29 is 9.84 Å². The first kappa shape index (κ1) is 17.0. The molecule has 0 amide bonds. The summed E-state index contributed by atoms with van der Waals surface area (Å²) >= 11 is 13.5. The molecule has 0 spiro atoms. The van der Waals surface area contributed by atoms with E-state index in [-0.39, 0.29) is 6.61 Å². The molecule has 0 aliphatic heterocycles. The van der Waals surface area contributed by atoms with Gasteiger partial charge in [0.1, 0.15) is 12.4 Å². The van der Waals surface area contributed by atoms with Gasteiger partial charge < -0.3 is 9.84 Å². The Labute approximate surface area is 143 Å². The first-order valence-corrected chi connectivity index (χ1v) is 8.22. The van der Waals surface area contributed by atoms with Gasteiger partial charge in [-0.2, -0.15) is 5.26 Å². The summed E-state index contributed by atoms with van der Waals surface area (Å²) in [6.07, 6.45) is -0.659. The molecule has 1 atom stereocenters. The van der Waals surface area contributed by atoms with Gasteiger partial charge in [-0.1, -0.05) is 29.3 Å². The van der Waals surface area contributed by atoms with Crippen LogP contribution in [0.15, 0.2) is 47.4 Å². The van der Waals surface area contributed by atoms with Gasteiger partial charge in [0.2, 0.25) is 0 Å². The zero-order valence-corrected chi connectivity index (χ0v) is 13.8. The third-order valence-electron chi connectivity index (χ3n) is 2.76. The molecule has 0 radical (unpaired) electrons. The van der Waals surface area contributed by atoms with E-state index in [1.807, 2.05) is 6.07 Å². The number of aliphatic hydroxyl groups is 1. The molecular formula is C16H13Cl2NO2S. The van der Waals surface area contributed by atoms with E-state index in [9.17, 15) is 5.11 Å². The topological polar surface area (TPSA) is 53.2 Å². The van der Waals surface area contributed by atoms with Gasteiger partial charge in [0.15, 0.2) is 0 Å². The largest absolute Gasteiger partial charge is 0.491 e. The summed E-state index contributed by atoms with van der Waals surface area (Å²) in [5, 5.41) is 19.8. The molecule has 114 valence electrons. The summed E-state index contributed by atoms with van der Waals surface area (Å²) in [4.78, 5) is 0.753. The average molecular weight is 354 g/mol. The Hall–Kier alpha value is -1.38. The number of thioether (sulfide) groups is 1. The zero-order valence-electron chi connectivity index (χ0n) is 11.5. The Kier molecular flexibility index (Phi) is 6.41. The first-order chi connectivity index (χ1) is 10.6. The van der Waals surface area contributed by atoms with Crippen molar-refractivity contribution in [2.75, 3.05) is 12.4 Å². The third-order valence-corrected chi connectivity index (χ3v) is 4.90. The number of ether oxygens (including phenoxy) is 1. The van der Waals surface area contributed by atoms with Crippen LogP contribution in [0.2, 0.25) is 10.0 Å². The molecule has 0 aliphatic carbocycles. The van der Waals surface area contributed by atoms with Crippen LogP contribution in [0.4, 0.5) is 0 Å². The summed E-state index contributed by atoms with van der Waals surface area (Å²) in [6.45, 7) is 0.154. The zero-order chi connectivity index (χ0) is 15.9. The normalized spacial score (nSPS) is 11.7. The lowest BCUT2D eigenvalue weighted by Gasteiger charge is -2.13. The van der Waals surface area contributed by atoms with Crippen molar-refractivity contribution in [2.24, 2.45) is 0 Å². The fourth-order valence-corrected chi connectivity index (χ4v) is 3.26. The van der Waals surface area contributed by atoms with Crippen LogP contribution < -0.4 is 4.74 Å². The predicted molar refractivity (Wildman–Crippen MR) is 89.8 cm³/mol. The highest BCUT2D eigenvalue weighted by atomic mass is 35.5. The second-order valence-electron chi connectivity index (χ2n) is 4.46. The maximum Gasteiger partial charge on any atom is 0.119 e. The SMILES string of the molecule is N#Cc1ccc(OCC(O)CSc2c(Cl)cccc2Cl)cc1. The fourth-order valence-electron chi connectivity index (χ4n) is 1.67. The molecule has 0 saturated carbocycles. The number of hydrogen-bond acceptors (Lipinski definition) is 4. The van der Waals surface area contributed by atoms with Crippen LogP contribution in [-0.4, -0.2) is 23.6 Å². The molecule has 3 nitrogen and oxygen atoms in total. The number of aliphatic hydroxyl groups excluding tert-OH is 1. The van der Waals surface area contributed by atoms with Crippen LogP contribution in [0.3, 0.4) is 0 Å². The summed E-state index contributed by atoms with van der Waals surface area (Å²) in [6, 6.07) is 14.1. The van der Waals surface area contributed by atoms with Gasteiger partial charge in [-0.25, -0.2) is 0 Å². The molecule has 2 rings (SSSR count). The Bertz CT molecular complexity index is 651. The Morgan fingerprint density at radius 3 is 2.36 bits per heavy atom. The molecule has 0 bridgehead atoms. The molecule has 1 unspecified atom stereocenters. The highest BCUT2D eigenvalue weighted by molar-refractivity contribution is 7.99. The second kappa shape index (κ2) is 8.30. The van der Waals surface area contributed by atoms with Crippen LogP contribution in [0.25, 0.3) is 0 Å². The minimum absolute atomic E-state index is 0.154. The van der Waals surface area contributed by atoms with Crippen molar-refractivity contribution in [1.29, 1.82) is 5.26 Å². The van der Waals surface area contributed by atoms with Crippen LogP contribution >= 0.6 is 35.0 Å². The van der Waals surface area contributed by atoms with Crippen molar-refractivity contribution >= 4 is 35.0 Å². The van der Waals surface area contributed by atoms with Gasteiger partial charge in [-0.3, -0.25) is 0 Å². The quantitative estimate of drug-likeness (QED) is 0.782. The lowest BCUT2D eigenvalue weighted by molar-refractivity contribution is 0.126. The second-order valence-corrected chi connectivity index (χ2v) is 6.31. The highest BCUT2D eigenvalue weighted by Gasteiger charge is 2.11. The van der Waals surface area contributed by atoms with E-state index >= 15 is 0 Å². The lowest BCUT2D eigenvalue weighted by atomic mass is 10.2. The van der Waals surface area contributed by atoms with E-state index in [0.29, 0.717) is 27.1 Å². The third kappa shape index (κ3) is 4.82. The van der Waals surface area contributed by atoms with E-state index in [1.165, 1.54) is 11.8 Å². The van der Waals surface area contributed by atoms with E-state index in [4.69, 9.17) is 33.2 Å². The van der Waals surface area contributed by atoms with Crippen LogP contribution in [0.1, 0.15) is 5.56 Å². The van der Waals surface area contributed by atoms with Crippen LogP contribution in [0, 0.1) is 11.3 Å². The van der Waals surface area contributed by atoms with Gasteiger partial charge in [0, 0.05) is 10.6 Å². The van der Waals surface area contributed by atoms with Crippen LogP contribution in [-0.2, 0) is 0 Å². The Morgan fingerprint density at radius 1 is 1.14 bits per heavy atom. The number of rotatable bonds is 6. The molecule has 0 saturated heterocycles. The molecule has 2 aromatic carbocycles. The number of benzene rings is 2. The molecule has 0 aromatic heterocycles. The van der Waals surface area contributed by atoms with Gasteiger partial charge in [-0.05, 0) is 36.4 Å². The number of hydrogen-bond donors (Lipinski definition) is 1. The summed E-state index contributed by atoms with van der Waals surface area (Å²) in [5.74, 6) is 1.03. The molecular weight excluding hydrogens is 341 g/mol. The predicted octanol–water partition coefficient (Wildman–Crippen LogP) is 4.40. The van der Waals surface area contributed by atoms with Crippen LogP contribution in [0.5, 0.6) is 5.75 Å². The average Bonchev–Trinajstić information content (AvgIpc) is 2.53. The molecule has 0 heterocycles. The van der Waals surface area contributed by atoms with Gasteiger partial charge in [0.25, 0.3) is 0 Å². The van der Waals surface area contributed by atoms with Crippen molar-refractivity contribution in [3.05, 3.63) is 58.1 Å². The highest BCUT2D eigenvalue weighted by Crippen LogP contribution is 2.34. The van der Waals surface area contributed by atoms with Crippen molar-refractivity contribution in [3.63, 3.8) is 0 Å². The Morgan fingerprint density at radius 2 is 1.77 bits per heavy atom. The van der Waals surface area contributed by atoms with Gasteiger partial charge >= 0.3 is 0 Å². The van der Waals surface area contributed by atoms with E-state index in [1.54, 1.807) is 42.5 Å². The van der Waals surface area contributed by atoms with Gasteiger partial charge in [-0.15, -0.1) is 11.8 Å². The van der Waals surface area contributed by atoms with E-state index in [0.717, 1.165) is 4.90 Å². The van der Waals surface area contributed by atoms with Gasteiger partial charge in [0.05, 0.1) is 27.8 Å². The van der Waals surface area contributed by atoms with E-state index < -0.39 is 6.10 Å². The molecule has 0 aliphatic rings. The maximum atomic E-state index is 9.97. The number of halogens is 2. The minimum atomic E-state index is -0.659. The Balaban J connectivity index is 1.83. The number of nitrogens with zero attached hydrogens (tertiary/aromatic N) is 1. The molecule has 2 aromatic rings. The minimum Gasteiger partial charge on any atom is -0.491 e. The fraction of sp³-hybridized carbons (Fsp3) is 0.188. The smallest absolute Gasteiger partial charge is 0.119 e. The number of nitriles is 1. The summed E-state index contributed by atoms with van der Waals surface area (Å²) in [5.41, 5.74) is 0.566. The summed E-state index contributed by atoms with van der Waals surface area (Å²) in [7, 11) is 0. The van der Waals surface area contributed by atoms with Crippen molar-refractivity contribution in [1.82, 2.24) is 0 Å². The molecule has 1 N–H and O–H groups in total. The van der Waals surface area contributed by atoms with Crippen molar-refractivity contribution in [3.8, 4) is 11.8 Å². The van der Waals surface area contributed by atoms with E-state index in [2.05, 4.69) is 0 Å².